The van der Waals surface area contributed by atoms with Gasteiger partial charge < -0.3 is 15.4 Å². The van der Waals surface area contributed by atoms with E-state index in [2.05, 4.69) is 24.5 Å². The van der Waals surface area contributed by atoms with Crippen LogP contribution in [0.1, 0.15) is 63.5 Å². The monoisotopic (exact) mass is 464 g/mol. The standard InChI is InChI=1S/C26H35F3N2O2/c1-17(2)25(10-6-22(16-25)31-21-8-12-33-13-9-21)24(32)23-15-19(7-11-30-23)18-4-3-5-20(14-18)26(27,28)29/h3-5,7,14,17,21-23,30-31H,6,8-13,15-16H2,1-2H3/t22-,23?,25?/m1/s1. The molecule has 2 heterocycles. The van der Waals surface area contributed by atoms with E-state index >= 15 is 0 Å². The summed E-state index contributed by atoms with van der Waals surface area (Å²) in [5.41, 5.74) is 0.301. The van der Waals surface area contributed by atoms with Crippen LogP contribution >= 0.6 is 0 Å². The molecule has 1 aromatic carbocycles. The van der Waals surface area contributed by atoms with Crippen molar-refractivity contribution in [2.45, 2.75) is 76.7 Å². The molecule has 2 fully saturated rings. The molecule has 0 radical (unpaired) electrons. The van der Waals surface area contributed by atoms with Gasteiger partial charge in [0.05, 0.1) is 11.6 Å². The lowest BCUT2D eigenvalue weighted by Crippen LogP contribution is -2.50. The van der Waals surface area contributed by atoms with Crippen LogP contribution in [0.15, 0.2) is 30.3 Å². The second-order valence-corrected chi connectivity index (χ2v) is 10.1. The maximum Gasteiger partial charge on any atom is 0.416 e. The van der Waals surface area contributed by atoms with E-state index in [0.717, 1.165) is 57.0 Å². The average molecular weight is 465 g/mol. The largest absolute Gasteiger partial charge is 0.416 e. The van der Waals surface area contributed by atoms with E-state index in [1.165, 1.54) is 12.1 Å². The molecule has 0 spiro atoms. The number of carbonyl (C=O) groups is 1. The van der Waals surface area contributed by atoms with Gasteiger partial charge in [0.15, 0.2) is 5.78 Å². The molecule has 3 atom stereocenters. The third kappa shape index (κ3) is 5.36. The van der Waals surface area contributed by atoms with Crippen molar-refractivity contribution < 1.29 is 22.7 Å². The van der Waals surface area contributed by atoms with Crippen LogP contribution < -0.4 is 10.6 Å². The zero-order valence-electron chi connectivity index (χ0n) is 19.5. The molecule has 1 saturated heterocycles. The lowest BCUT2D eigenvalue weighted by Gasteiger charge is -2.37. The summed E-state index contributed by atoms with van der Waals surface area (Å²) < 4.78 is 45.0. The number of halogens is 3. The van der Waals surface area contributed by atoms with E-state index in [9.17, 15) is 18.0 Å². The zero-order chi connectivity index (χ0) is 23.6. The SMILES string of the molecule is CC(C)C1(C(=O)C2CC(c3cccc(C(F)(F)F)c3)=CCN2)CC[C@@H](NC2CCOCC2)C1. The minimum Gasteiger partial charge on any atom is -0.381 e. The van der Waals surface area contributed by atoms with Gasteiger partial charge in [-0.3, -0.25) is 4.79 Å². The van der Waals surface area contributed by atoms with Crippen molar-refractivity contribution in [1.29, 1.82) is 0 Å². The van der Waals surface area contributed by atoms with Gasteiger partial charge in [-0.2, -0.15) is 13.2 Å². The predicted molar refractivity (Wildman–Crippen MR) is 123 cm³/mol. The Kier molecular flexibility index (Phi) is 7.32. The number of rotatable bonds is 6. The van der Waals surface area contributed by atoms with Gasteiger partial charge in [0.25, 0.3) is 0 Å². The first kappa shape index (κ1) is 24.4. The van der Waals surface area contributed by atoms with Crippen molar-refractivity contribution in [3.8, 4) is 0 Å². The van der Waals surface area contributed by atoms with Crippen LogP contribution in [-0.4, -0.2) is 43.7 Å². The van der Waals surface area contributed by atoms with E-state index in [1.54, 1.807) is 6.07 Å². The fraction of sp³-hybridized carbons (Fsp3) is 0.654. The normalized spacial score (nSPS) is 29.3. The van der Waals surface area contributed by atoms with Crippen molar-refractivity contribution in [2.75, 3.05) is 19.8 Å². The lowest BCUT2D eigenvalue weighted by molar-refractivity contribution is -0.137. The lowest BCUT2D eigenvalue weighted by atomic mass is 9.69. The summed E-state index contributed by atoms with van der Waals surface area (Å²) in [5.74, 6) is 0.419. The van der Waals surface area contributed by atoms with E-state index in [1.807, 2.05) is 6.08 Å². The molecule has 33 heavy (non-hydrogen) atoms. The summed E-state index contributed by atoms with van der Waals surface area (Å²) in [5, 5.41) is 7.10. The highest BCUT2D eigenvalue weighted by Crippen LogP contribution is 2.47. The fourth-order valence-electron chi connectivity index (χ4n) is 5.81. The zero-order valence-corrected chi connectivity index (χ0v) is 19.5. The maximum absolute atomic E-state index is 13.9. The Morgan fingerprint density at radius 2 is 1.94 bits per heavy atom. The summed E-state index contributed by atoms with van der Waals surface area (Å²) >= 11 is 0. The highest BCUT2D eigenvalue weighted by molar-refractivity contribution is 5.92. The number of carbonyl (C=O) groups excluding carboxylic acids is 1. The third-order valence-corrected chi connectivity index (χ3v) is 7.85. The Bertz CT molecular complexity index is 877. The molecule has 7 heteroatoms. The second-order valence-electron chi connectivity index (χ2n) is 10.1. The van der Waals surface area contributed by atoms with Gasteiger partial charge in [-0.25, -0.2) is 0 Å². The van der Waals surface area contributed by atoms with Gasteiger partial charge in [0.2, 0.25) is 0 Å². The van der Waals surface area contributed by atoms with Crippen molar-refractivity contribution in [3.05, 3.63) is 41.5 Å². The number of alkyl halides is 3. The summed E-state index contributed by atoms with van der Waals surface area (Å²) in [6.45, 7) is 6.31. The van der Waals surface area contributed by atoms with Crippen LogP contribution in [0.4, 0.5) is 13.2 Å². The number of hydrogen-bond acceptors (Lipinski definition) is 4. The molecule has 4 rings (SSSR count). The Labute approximate surface area is 194 Å². The molecule has 182 valence electrons. The Balaban J connectivity index is 1.46. The molecule has 1 saturated carbocycles. The number of nitrogens with one attached hydrogen (secondary N) is 2. The van der Waals surface area contributed by atoms with Gasteiger partial charge >= 0.3 is 6.18 Å². The minimum atomic E-state index is -4.38. The molecule has 2 unspecified atom stereocenters. The molecule has 1 aromatic rings. The molecule has 0 bridgehead atoms. The van der Waals surface area contributed by atoms with E-state index in [-0.39, 0.29) is 17.7 Å². The smallest absolute Gasteiger partial charge is 0.381 e. The molecule has 4 nitrogen and oxygen atoms in total. The maximum atomic E-state index is 13.9. The molecular weight excluding hydrogens is 429 g/mol. The highest BCUT2D eigenvalue weighted by atomic mass is 19.4. The van der Waals surface area contributed by atoms with Crippen LogP contribution in [0.2, 0.25) is 0 Å². The number of Topliss-reactive ketones (excluding diaryl/α,β-unsaturated/α-hetero) is 1. The van der Waals surface area contributed by atoms with Gasteiger partial charge in [-0.05, 0) is 67.7 Å². The molecule has 0 amide bonds. The van der Waals surface area contributed by atoms with Crippen LogP contribution in [0.3, 0.4) is 0 Å². The topological polar surface area (TPSA) is 50.4 Å². The summed E-state index contributed by atoms with van der Waals surface area (Å²) in [6, 6.07) is 5.83. The average Bonchev–Trinajstić information content (AvgIpc) is 3.24. The second kappa shape index (κ2) is 9.88. The van der Waals surface area contributed by atoms with Crippen LogP contribution in [0.5, 0.6) is 0 Å². The molecule has 0 aromatic heterocycles. The van der Waals surface area contributed by atoms with Crippen molar-refractivity contribution in [1.82, 2.24) is 10.6 Å². The Hall–Kier alpha value is -1.70. The van der Waals surface area contributed by atoms with E-state index in [0.29, 0.717) is 30.6 Å². The highest BCUT2D eigenvalue weighted by Gasteiger charge is 2.49. The molecule has 3 aliphatic rings. The number of benzene rings is 1. The van der Waals surface area contributed by atoms with E-state index in [4.69, 9.17) is 4.74 Å². The number of ketones is 1. The summed E-state index contributed by atoms with van der Waals surface area (Å²) in [7, 11) is 0. The summed E-state index contributed by atoms with van der Waals surface area (Å²) in [6.07, 6.45) is 2.62. The van der Waals surface area contributed by atoms with E-state index < -0.39 is 17.2 Å². The van der Waals surface area contributed by atoms with Crippen LogP contribution in [-0.2, 0) is 15.7 Å². The molecule has 2 aliphatic heterocycles. The minimum absolute atomic E-state index is 0.205. The van der Waals surface area contributed by atoms with Crippen LogP contribution in [0.25, 0.3) is 5.57 Å². The van der Waals surface area contributed by atoms with Crippen molar-refractivity contribution in [2.24, 2.45) is 11.3 Å². The number of hydrogen-bond donors (Lipinski definition) is 2. The first-order valence-electron chi connectivity index (χ1n) is 12.2. The van der Waals surface area contributed by atoms with Gasteiger partial charge in [0.1, 0.15) is 0 Å². The first-order chi connectivity index (χ1) is 15.7. The quantitative estimate of drug-likeness (QED) is 0.623. The first-order valence-corrected chi connectivity index (χ1v) is 12.2. The van der Waals surface area contributed by atoms with Gasteiger partial charge in [-0.1, -0.05) is 32.1 Å². The molecular formula is C26H35F3N2O2. The van der Waals surface area contributed by atoms with Gasteiger partial charge in [-0.15, -0.1) is 0 Å². The van der Waals surface area contributed by atoms with Crippen molar-refractivity contribution in [3.63, 3.8) is 0 Å². The molecule has 2 N–H and O–H groups in total. The Morgan fingerprint density at radius 1 is 1.18 bits per heavy atom. The summed E-state index contributed by atoms with van der Waals surface area (Å²) in [4.78, 5) is 13.9. The fourth-order valence-corrected chi connectivity index (χ4v) is 5.81. The van der Waals surface area contributed by atoms with Crippen molar-refractivity contribution >= 4 is 11.4 Å². The van der Waals surface area contributed by atoms with Gasteiger partial charge in [0, 0.05) is 37.3 Å². The number of ether oxygens (including phenoxy) is 1. The Morgan fingerprint density at radius 3 is 2.64 bits per heavy atom. The third-order valence-electron chi connectivity index (χ3n) is 7.85. The predicted octanol–water partition coefficient (Wildman–Crippen LogP) is 4.98. The molecule has 1 aliphatic carbocycles. The van der Waals surface area contributed by atoms with Crippen LogP contribution in [0, 0.1) is 11.3 Å².